The van der Waals surface area contributed by atoms with Crippen molar-refractivity contribution in [3.8, 4) is 11.5 Å². The monoisotopic (exact) mass is 438 g/mol. The van der Waals surface area contributed by atoms with E-state index >= 15 is 0 Å². The van der Waals surface area contributed by atoms with Crippen LogP contribution in [0.15, 0.2) is 54.1 Å². The Morgan fingerprint density at radius 1 is 1.12 bits per heavy atom. The van der Waals surface area contributed by atoms with E-state index in [9.17, 15) is 19.8 Å². The van der Waals surface area contributed by atoms with Crippen molar-refractivity contribution in [3.63, 3.8) is 0 Å². The van der Waals surface area contributed by atoms with Gasteiger partial charge in [0, 0.05) is 12.1 Å². The molecule has 170 valence electrons. The Bertz CT molecular complexity index is 1010. The summed E-state index contributed by atoms with van der Waals surface area (Å²) in [7, 11) is 3.88. The van der Waals surface area contributed by atoms with Crippen LogP contribution in [0.5, 0.6) is 11.5 Å². The molecule has 2 aromatic rings. The molecule has 1 fully saturated rings. The maximum atomic E-state index is 13.0. The largest absolute Gasteiger partial charge is 0.508 e. The predicted octanol–water partition coefficient (Wildman–Crippen LogP) is 3.55. The molecule has 7 nitrogen and oxygen atoms in total. The van der Waals surface area contributed by atoms with E-state index in [1.165, 1.54) is 17.0 Å². The van der Waals surface area contributed by atoms with Crippen LogP contribution in [0.1, 0.15) is 36.9 Å². The molecule has 1 saturated heterocycles. The summed E-state index contributed by atoms with van der Waals surface area (Å²) in [6.45, 7) is 3.62. The van der Waals surface area contributed by atoms with Gasteiger partial charge >= 0.3 is 0 Å². The molecule has 1 amide bonds. The quantitative estimate of drug-likeness (QED) is 0.354. The molecule has 0 saturated carbocycles. The molecule has 3 rings (SSSR count). The van der Waals surface area contributed by atoms with Crippen molar-refractivity contribution in [2.45, 2.75) is 25.8 Å². The van der Waals surface area contributed by atoms with E-state index in [4.69, 9.17) is 4.74 Å². The molecule has 0 spiro atoms. The molecule has 1 aliphatic heterocycles. The summed E-state index contributed by atoms with van der Waals surface area (Å²) < 4.78 is 5.65. The van der Waals surface area contributed by atoms with Crippen molar-refractivity contribution >= 4 is 17.4 Å². The first-order valence-electron chi connectivity index (χ1n) is 10.8. The molecule has 0 bridgehead atoms. The van der Waals surface area contributed by atoms with Gasteiger partial charge in [0.05, 0.1) is 18.2 Å². The number of likely N-dealkylation sites (tertiary alicyclic amines) is 1. The summed E-state index contributed by atoms with van der Waals surface area (Å²) in [6, 6.07) is 12.5. The highest BCUT2D eigenvalue weighted by Gasteiger charge is 2.45. The van der Waals surface area contributed by atoms with Gasteiger partial charge in [-0.3, -0.25) is 9.59 Å². The van der Waals surface area contributed by atoms with Gasteiger partial charge in [-0.2, -0.15) is 0 Å². The van der Waals surface area contributed by atoms with Gasteiger partial charge in [0.15, 0.2) is 0 Å². The van der Waals surface area contributed by atoms with Crippen molar-refractivity contribution in [2.24, 2.45) is 0 Å². The average molecular weight is 439 g/mol. The second-order valence-electron chi connectivity index (χ2n) is 8.12. The van der Waals surface area contributed by atoms with Gasteiger partial charge in [-0.25, -0.2) is 0 Å². The number of Topliss-reactive ketones (excluding diaryl/α,β-unsaturated/α-hetero) is 1. The van der Waals surface area contributed by atoms with Gasteiger partial charge in [-0.15, -0.1) is 0 Å². The van der Waals surface area contributed by atoms with E-state index < -0.39 is 17.7 Å². The number of amides is 1. The molecule has 32 heavy (non-hydrogen) atoms. The van der Waals surface area contributed by atoms with Gasteiger partial charge in [0.1, 0.15) is 17.3 Å². The standard InChI is InChI=1S/C25H30N2O5/c1-4-14-32-20-11-6-9-18(16-20)23(29)21-22(17-8-5-10-19(28)15-17)27(25(31)24(21)30)13-7-12-26(2)3/h5-6,8-11,15-16,22,28-29H,4,7,12-14H2,1-3H3. The number of carbonyl (C=O) groups excluding carboxylic acids is 2. The second-order valence-corrected chi connectivity index (χ2v) is 8.12. The lowest BCUT2D eigenvalue weighted by Crippen LogP contribution is -2.32. The topological polar surface area (TPSA) is 90.3 Å². The van der Waals surface area contributed by atoms with Crippen LogP contribution >= 0.6 is 0 Å². The number of phenolic OH excluding ortho intramolecular Hbond substituents is 1. The molecule has 0 radical (unpaired) electrons. The van der Waals surface area contributed by atoms with E-state index in [1.54, 1.807) is 36.4 Å². The van der Waals surface area contributed by atoms with E-state index in [-0.39, 0.29) is 17.1 Å². The second kappa shape index (κ2) is 10.3. The third kappa shape index (κ3) is 5.11. The minimum Gasteiger partial charge on any atom is -0.508 e. The molecule has 7 heteroatoms. The fourth-order valence-electron chi connectivity index (χ4n) is 3.82. The van der Waals surface area contributed by atoms with Crippen molar-refractivity contribution in [1.82, 2.24) is 9.80 Å². The Morgan fingerprint density at radius 2 is 1.88 bits per heavy atom. The van der Waals surface area contributed by atoms with E-state index in [0.29, 0.717) is 36.4 Å². The molecular formula is C25H30N2O5. The van der Waals surface area contributed by atoms with Crippen LogP contribution < -0.4 is 4.74 Å². The number of aliphatic hydroxyl groups is 1. The molecule has 2 N–H and O–H groups in total. The SMILES string of the molecule is CCCOc1cccc(C(O)=C2C(=O)C(=O)N(CCCN(C)C)C2c2cccc(O)c2)c1. The minimum atomic E-state index is -0.788. The number of aliphatic hydroxyl groups excluding tert-OH is 1. The van der Waals surface area contributed by atoms with Crippen LogP contribution in [0.3, 0.4) is 0 Å². The maximum Gasteiger partial charge on any atom is 0.295 e. The highest BCUT2D eigenvalue weighted by atomic mass is 16.5. The fraction of sp³-hybridized carbons (Fsp3) is 0.360. The molecule has 0 aromatic heterocycles. The van der Waals surface area contributed by atoms with E-state index in [1.807, 2.05) is 25.9 Å². The zero-order chi connectivity index (χ0) is 23.3. The first-order chi connectivity index (χ1) is 15.3. The fourth-order valence-corrected chi connectivity index (χ4v) is 3.82. The number of hydrogen-bond donors (Lipinski definition) is 2. The lowest BCUT2D eigenvalue weighted by Gasteiger charge is -2.26. The Morgan fingerprint density at radius 3 is 2.56 bits per heavy atom. The first-order valence-corrected chi connectivity index (χ1v) is 10.8. The van der Waals surface area contributed by atoms with Crippen LogP contribution in [-0.4, -0.2) is 65.5 Å². The number of nitrogens with zero attached hydrogens (tertiary/aromatic N) is 2. The van der Waals surface area contributed by atoms with Crippen molar-refractivity contribution in [3.05, 3.63) is 65.2 Å². The Hall–Kier alpha value is -3.32. The van der Waals surface area contributed by atoms with Crippen molar-refractivity contribution < 1.29 is 24.5 Å². The third-order valence-corrected chi connectivity index (χ3v) is 5.31. The maximum absolute atomic E-state index is 13.0. The van der Waals surface area contributed by atoms with Gasteiger partial charge in [0.25, 0.3) is 11.7 Å². The van der Waals surface area contributed by atoms with Crippen LogP contribution in [0.4, 0.5) is 0 Å². The van der Waals surface area contributed by atoms with Crippen molar-refractivity contribution in [2.75, 3.05) is 33.8 Å². The van der Waals surface area contributed by atoms with Gasteiger partial charge in [-0.1, -0.05) is 31.2 Å². The van der Waals surface area contributed by atoms with Gasteiger partial charge < -0.3 is 24.7 Å². The number of ether oxygens (including phenoxy) is 1. The number of hydrogen-bond acceptors (Lipinski definition) is 6. The van der Waals surface area contributed by atoms with Crippen LogP contribution in [0.2, 0.25) is 0 Å². The minimum absolute atomic E-state index is 0.0121. The summed E-state index contributed by atoms with van der Waals surface area (Å²) in [5, 5.41) is 21.2. The number of rotatable bonds is 9. The molecule has 1 unspecified atom stereocenters. The van der Waals surface area contributed by atoms with Crippen LogP contribution in [0.25, 0.3) is 5.76 Å². The Labute approximate surface area is 188 Å². The number of ketones is 1. The Balaban J connectivity index is 2.06. The number of benzene rings is 2. The predicted molar refractivity (Wildman–Crippen MR) is 123 cm³/mol. The van der Waals surface area contributed by atoms with Crippen molar-refractivity contribution in [1.29, 1.82) is 0 Å². The number of phenols is 1. The van der Waals surface area contributed by atoms with Crippen LogP contribution in [-0.2, 0) is 9.59 Å². The van der Waals surface area contributed by atoms with Gasteiger partial charge in [-0.05, 0) is 63.3 Å². The lowest BCUT2D eigenvalue weighted by atomic mass is 9.95. The van der Waals surface area contributed by atoms with Crippen LogP contribution in [0, 0.1) is 0 Å². The first kappa shape index (κ1) is 23.3. The molecule has 2 aromatic carbocycles. The van der Waals surface area contributed by atoms with E-state index in [2.05, 4.69) is 0 Å². The summed E-state index contributed by atoms with van der Waals surface area (Å²) >= 11 is 0. The molecule has 1 heterocycles. The average Bonchev–Trinajstić information content (AvgIpc) is 3.02. The summed E-state index contributed by atoms with van der Waals surface area (Å²) in [6.07, 6.45) is 1.50. The lowest BCUT2D eigenvalue weighted by molar-refractivity contribution is -0.139. The molecule has 0 aliphatic carbocycles. The molecule has 1 aliphatic rings. The number of carbonyl (C=O) groups is 2. The van der Waals surface area contributed by atoms with E-state index in [0.717, 1.165) is 13.0 Å². The normalized spacial score (nSPS) is 17.9. The molecule has 1 atom stereocenters. The molecular weight excluding hydrogens is 408 g/mol. The summed E-state index contributed by atoms with van der Waals surface area (Å²) in [4.78, 5) is 29.5. The zero-order valence-corrected chi connectivity index (χ0v) is 18.7. The Kier molecular flexibility index (Phi) is 7.53. The number of aromatic hydroxyl groups is 1. The zero-order valence-electron chi connectivity index (χ0n) is 18.7. The smallest absolute Gasteiger partial charge is 0.295 e. The highest BCUT2D eigenvalue weighted by Crippen LogP contribution is 2.40. The third-order valence-electron chi connectivity index (χ3n) is 5.31. The highest BCUT2D eigenvalue weighted by molar-refractivity contribution is 6.46. The summed E-state index contributed by atoms with van der Waals surface area (Å²) in [5.74, 6) is -1.05. The van der Waals surface area contributed by atoms with Gasteiger partial charge in [0.2, 0.25) is 0 Å². The summed E-state index contributed by atoms with van der Waals surface area (Å²) in [5.41, 5.74) is 0.974.